The Morgan fingerprint density at radius 3 is 2.21 bits per heavy atom. The third-order valence-electron chi connectivity index (χ3n) is 4.99. The smallest absolute Gasteiger partial charge is 0.246 e. The van der Waals surface area contributed by atoms with Crippen molar-refractivity contribution in [2.45, 2.75) is 52.6 Å². The first-order valence-corrected chi connectivity index (χ1v) is 9.93. The molecular weight excluding hydrogens is 350 g/mol. The van der Waals surface area contributed by atoms with Gasteiger partial charge in [-0.2, -0.15) is 0 Å². The Bertz CT molecular complexity index is 835. The second kappa shape index (κ2) is 9.88. The zero-order valence-corrected chi connectivity index (χ0v) is 16.8. The molecule has 2 aromatic heterocycles. The first kappa shape index (κ1) is 19.9. The lowest BCUT2D eigenvalue weighted by Gasteiger charge is -2.26. The number of benzene rings is 1. The number of carbonyl (C=O) groups is 1. The Morgan fingerprint density at radius 2 is 1.57 bits per heavy atom. The van der Waals surface area contributed by atoms with Crippen LogP contribution in [0.25, 0.3) is 0 Å². The fraction of sp³-hybridized carbons (Fsp3) is 0.409. The van der Waals surface area contributed by atoms with E-state index in [-0.39, 0.29) is 5.91 Å². The summed E-state index contributed by atoms with van der Waals surface area (Å²) in [7, 11) is 0. The van der Waals surface area contributed by atoms with E-state index < -0.39 is 0 Å². The molecule has 6 heteroatoms. The van der Waals surface area contributed by atoms with Crippen LogP contribution in [-0.4, -0.2) is 31.6 Å². The number of hydrogen-bond acceptors (Lipinski definition) is 3. The van der Waals surface area contributed by atoms with Crippen molar-refractivity contribution in [3.63, 3.8) is 0 Å². The van der Waals surface area contributed by atoms with Gasteiger partial charge in [0.25, 0.3) is 0 Å². The standard InChI is InChI=1S/C22H29N5O/c1-19-8-7-9-20(2)22(19)27(21(28)16-26-15-11-24-18-26)13-6-4-3-5-12-25-14-10-23-17-25/h7-11,14-15,17-18H,3-6,12-13,16H2,1-2H3. The van der Waals surface area contributed by atoms with Crippen LogP contribution in [0.1, 0.15) is 36.8 Å². The van der Waals surface area contributed by atoms with Crippen LogP contribution in [-0.2, 0) is 17.9 Å². The van der Waals surface area contributed by atoms with Crippen molar-refractivity contribution in [2.24, 2.45) is 0 Å². The molecule has 28 heavy (non-hydrogen) atoms. The molecule has 0 aliphatic rings. The molecule has 0 saturated carbocycles. The molecule has 2 heterocycles. The minimum atomic E-state index is 0.105. The molecule has 0 unspecified atom stereocenters. The van der Waals surface area contributed by atoms with Crippen LogP contribution in [0.2, 0.25) is 0 Å². The van der Waals surface area contributed by atoms with Gasteiger partial charge < -0.3 is 14.0 Å². The first-order chi connectivity index (χ1) is 13.6. The highest BCUT2D eigenvalue weighted by Gasteiger charge is 2.19. The monoisotopic (exact) mass is 379 g/mol. The number of carbonyl (C=O) groups excluding carboxylic acids is 1. The highest BCUT2D eigenvalue weighted by Crippen LogP contribution is 2.25. The fourth-order valence-corrected chi connectivity index (χ4v) is 3.55. The van der Waals surface area contributed by atoms with Crippen molar-refractivity contribution in [1.82, 2.24) is 19.1 Å². The molecule has 0 radical (unpaired) electrons. The fourth-order valence-electron chi connectivity index (χ4n) is 3.55. The van der Waals surface area contributed by atoms with E-state index >= 15 is 0 Å². The van der Waals surface area contributed by atoms with Gasteiger partial charge in [0, 0.05) is 43.6 Å². The maximum absolute atomic E-state index is 13.1. The maximum atomic E-state index is 13.1. The van der Waals surface area contributed by atoms with Gasteiger partial charge in [-0.15, -0.1) is 0 Å². The summed E-state index contributed by atoms with van der Waals surface area (Å²) in [5, 5.41) is 0. The Balaban J connectivity index is 1.58. The summed E-state index contributed by atoms with van der Waals surface area (Å²) in [4.78, 5) is 23.1. The third-order valence-corrected chi connectivity index (χ3v) is 4.99. The molecule has 0 fully saturated rings. The van der Waals surface area contributed by atoms with Crippen molar-refractivity contribution in [2.75, 3.05) is 11.4 Å². The molecule has 0 N–H and O–H groups in total. The molecule has 1 aromatic carbocycles. The number of hydrogen-bond donors (Lipinski definition) is 0. The Kier molecular flexibility index (Phi) is 7.00. The van der Waals surface area contributed by atoms with E-state index in [1.165, 1.54) is 0 Å². The molecule has 0 bridgehead atoms. The van der Waals surface area contributed by atoms with Crippen LogP contribution < -0.4 is 4.90 Å². The van der Waals surface area contributed by atoms with Crippen molar-refractivity contribution in [1.29, 1.82) is 0 Å². The van der Waals surface area contributed by atoms with Gasteiger partial charge in [-0.3, -0.25) is 4.79 Å². The number of nitrogens with zero attached hydrogens (tertiary/aromatic N) is 5. The van der Waals surface area contributed by atoms with Gasteiger partial charge in [0.05, 0.1) is 12.7 Å². The van der Waals surface area contributed by atoms with E-state index in [4.69, 9.17) is 0 Å². The molecular formula is C22H29N5O. The summed E-state index contributed by atoms with van der Waals surface area (Å²) in [6.07, 6.45) is 15.3. The molecule has 3 rings (SSSR count). The van der Waals surface area contributed by atoms with E-state index in [0.29, 0.717) is 6.54 Å². The average Bonchev–Trinajstić information content (AvgIpc) is 3.36. The Labute approximate surface area is 166 Å². The van der Waals surface area contributed by atoms with Crippen LogP contribution >= 0.6 is 0 Å². The van der Waals surface area contributed by atoms with E-state index in [0.717, 1.165) is 55.6 Å². The van der Waals surface area contributed by atoms with E-state index in [9.17, 15) is 4.79 Å². The molecule has 0 aliphatic heterocycles. The van der Waals surface area contributed by atoms with Crippen molar-refractivity contribution in [3.05, 3.63) is 66.8 Å². The predicted molar refractivity (Wildman–Crippen MR) is 111 cm³/mol. The second-order valence-corrected chi connectivity index (χ2v) is 7.24. The Hall–Kier alpha value is -2.89. The molecule has 0 atom stereocenters. The molecule has 0 saturated heterocycles. The van der Waals surface area contributed by atoms with Crippen LogP contribution in [0.4, 0.5) is 5.69 Å². The predicted octanol–water partition coefficient (Wildman–Crippen LogP) is 3.99. The van der Waals surface area contributed by atoms with Gasteiger partial charge in [0.2, 0.25) is 5.91 Å². The lowest BCUT2D eigenvalue weighted by molar-refractivity contribution is -0.119. The summed E-state index contributed by atoms with van der Waals surface area (Å²) in [5.74, 6) is 0.105. The maximum Gasteiger partial charge on any atom is 0.246 e. The number of amides is 1. The minimum absolute atomic E-state index is 0.105. The van der Waals surface area contributed by atoms with Gasteiger partial charge in [-0.1, -0.05) is 31.0 Å². The number of para-hydroxylation sites is 1. The number of rotatable bonds is 10. The Morgan fingerprint density at radius 1 is 0.929 bits per heavy atom. The number of anilines is 1. The number of aryl methyl sites for hydroxylation is 3. The quantitative estimate of drug-likeness (QED) is 0.501. The van der Waals surface area contributed by atoms with Crippen molar-refractivity contribution in [3.8, 4) is 0 Å². The first-order valence-electron chi connectivity index (χ1n) is 9.93. The molecule has 0 aliphatic carbocycles. The number of aromatic nitrogens is 4. The molecule has 148 valence electrons. The molecule has 6 nitrogen and oxygen atoms in total. The summed E-state index contributed by atoms with van der Waals surface area (Å²) in [6.45, 7) is 6.20. The zero-order valence-electron chi connectivity index (χ0n) is 16.8. The van der Waals surface area contributed by atoms with Crippen molar-refractivity contribution >= 4 is 11.6 Å². The van der Waals surface area contributed by atoms with Gasteiger partial charge in [0.1, 0.15) is 6.54 Å². The van der Waals surface area contributed by atoms with Gasteiger partial charge in [0.15, 0.2) is 0 Å². The highest BCUT2D eigenvalue weighted by atomic mass is 16.2. The van der Waals surface area contributed by atoms with Crippen LogP contribution in [0, 0.1) is 13.8 Å². The molecule has 0 spiro atoms. The number of imidazole rings is 2. The van der Waals surface area contributed by atoms with Crippen LogP contribution in [0.5, 0.6) is 0 Å². The lowest BCUT2D eigenvalue weighted by atomic mass is 10.1. The third kappa shape index (κ3) is 5.31. The zero-order chi connectivity index (χ0) is 19.8. The van der Waals surface area contributed by atoms with E-state index in [2.05, 4.69) is 40.5 Å². The largest absolute Gasteiger partial charge is 0.337 e. The minimum Gasteiger partial charge on any atom is -0.337 e. The molecule has 1 amide bonds. The van der Waals surface area contributed by atoms with Crippen LogP contribution in [0.3, 0.4) is 0 Å². The lowest BCUT2D eigenvalue weighted by Crippen LogP contribution is -2.35. The van der Waals surface area contributed by atoms with Gasteiger partial charge >= 0.3 is 0 Å². The van der Waals surface area contributed by atoms with E-state index in [1.54, 1.807) is 12.5 Å². The summed E-state index contributed by atoms with van der Waals surface area (Å²) < 4.78 is 3.94. The number of unbranched alkanes of at least 4 members (excludes halogenated alkanes) is 3. The van der Waals surface area contributed by atoms with E-state index in [1.807, 2.05) is 40.5 Å². The van der Waals surface area contributed by atoms with Crippen molar-refractivity contribution < 1.29 is 4.79 Å². The van der Waals surface area contributed by atoms with Gasteiger partial charge in [-0.05, 0) is 37.8 Å². The van der Waals surface area contributed by atoms with Gasteiger partial charge in [-0.25, -0.2) is 9.97 Å². The average molecular weight is 380 g/mol. The van der Waals surface area contributed by atoms with Crippen LogP contribution in [0.15, 0.2) is 55.6 Å². The summed E-state index contributed by atoms with van der Waals surface area (Å²) in [5.41, 5.74) is 3.32. The normalized spacial score (nSPS) is 10.9. The summed E-state index contributed by atoms with van der Waals surface area (Å²) in [6, 6.07) is 6.19. The molecule has 3 aromatic rings. The second-order valence-electron chi connectivity index (χ2n) is 7.24. The summed E-state index contributed by atoms with van der Waals surface area (Å²) >= 11 is 0. The SMILES string of the molecule is Cc1cccc(C)c1N(CCCCCCn1ccnc1)C(=O)Cn1ccnc1. The highest BCUT2D eigenvalue weighted by molar-refractivity contribution is 5.94. The topological polar surface area (TPSA) is 56.0 Å².